The minimum Gasteiger partial charge on any atom is -0.481 e. The number of pyridine rings is 1. The normalized spacial score (nSPS) is 18.0. The number of amides is 2. The van der Waals surface area contributed by atoms with E-state index in [1.807, 2.05) is 27.7 Å². The van der Waals surface area contributed by atoms with Crippen LogP contribution in [0.4, 0.5) is 10.5 Å². The quantitative estimate of drug-likeness (QED) is 0.606. The van der Waals surface area contributed by atoms with Gasteiger partial charge in [0, 0.05) is 13.2 Å². The van der Waals surface area contributed by atoms with Crippen molar-refractivity contribution in [2.24, 2.45) is 15.1 Å². The van der Waals surface area contributed by atoms with E-state index in [1.165, 1.54) is 0 Å². The summed E-state index contributed by atoms with van der Waals surface area (Å²) in [7, 11) is 0.987. The van der Waals surface area contributed by atoms with Crippen LogP contribution in [0.1, 0.15) is 50.8 Å². The SMILES string of the molecule is COc1cc(C(C)C)c(NC(=O)N=[S-](=O)C(=CN)C2=NC[C@H](OC)CO2)c(C(C)C)n1. The Balaban J connectivity index is 2.33. The van der Waals surface area contributed by atoms with Crippen LogP contribution < -0.4 is 15.8 Å². The maximum absolute atomic E-state index is 12.7. The van der Waals surface area contributed by atoms with Crippen LogP contribution in [-0.2, 0) is 24.3 Å². The molecule has 3 N–H and O–H groups in total. The molecule has 2 rings (SSSR count). The lowest BCUT2D eigenvalue weighted by atomic mass is 9.97. The first-order chi connectivity index (χ1) is 14.7. The Morgan fingerprint density at radius 3 is 2.55 bits per heavy atom. The molecule has 31 heavy (non-hydrogen) atoms. The summed E-state index contributed by atoms with van der Waals surface area (Å²) >= 11 is 0. The monoisotopic (exact) mass is 452 g/mol. The van der Waals surface area contributed by atoms with Crippen LogP contribution >= 0.6 is 0 Å². The number of carbonyl (C=O) groups excluding carboxylic acids is 1. The molecule has 0 aliphatic carbocycles. The summed E-state index contributed by atoms with van der Waals surface area (Å²) in [5, 5.41) is 2.74. The highest BCUT2D eigenvalue weighted by atomic mass is 32.2. The molecule has 1 aromatic rings. The van der Waals surface area contributed by atoms with E-state index in [1.54, 1.807) is 20.3 Å². The summed E-state index contributed by atoms with van der Waals surface area (Å²) in [6.07, 6.45) is 0.885. The number of methoxy groups -OCH3 is 2. The number of hydrogen-bond donors (Lipinski definition) is 2. The van der Waals surface area contributed by atoms with Crippen molar-refractivity contribution in [1.82, 2.24) is 4.98 Å². The summed E-state index contributed by atoms with van der Waals surface area (Å²) in [6.45, 7) is 8.47. The fraction of sp³-hybridized carbons (Fsp3) is 0.550. The number of nitrogens with one attached hydrogen (secondary N) is 1. The van der Waals surface area contributed by atoms with Gasteiger partial charge in [-0.2, -0.15) is 0 Å². The molecule has 0 aromatic carbocycles. The van der Waals surface area contributed by atoms with E-state index >= 15 is 0 Å². The molecule has 2 heterocycles. The van der Waals surface area contributed by atoms with E-state index in [-0.39, 0.29) is 35.3 Å². The smallest absolute Gasteiger partial charge is 0.322 e. The zero-order valence-corrected chi connectivity index (χ0v) is 19.5. The molecule has 0 radical (unpaired) electrons. The van der Waals surface area contributed by atoms with Gasteiger partial charge in [0.1, 0.15) is 12.7 Å². The molecule has 2 amide bonds. The maximum atomic E-state index is 12.7. The van der Waals surface area contributed by atoms with Crippen LogP contribution in [0.5, 0.6) is 5.88 Å². The first-order valence-corrected chi connectivity index (χ1v) is 11.0. The molecule has 0 bridgehead atoms. The molecule has 1 aromatic heterocycles. The molecule has 0 saturated heterocycles. The second kappa shape index (κ2) is 11.1. The van der Waals surface area contributed by atoms with E-state index in [4.69, 9.17) is 19.9 Å². The van der Waals surface area contributed by atoms with Crippen molar-refractivity contribution in [3.05, 3.63) is 28.4 Å². The van der Waals surface area contributed by atoms with Gasteiger partial charge in [-0.05, 0) is 28.5 Å². The summed E-state index contributed by atoms with van der Waals surface area (Å²) in [6, 6.07) is 0.977. The Hall–Kier alpha value is -2.66. The number of rotatable bonds is 7. The number of ether oxygens (including phenoxy) is 3. The van der Waals surface area contributed by atoms with E-state index in [0.29, 0.717) is 23.8 Å². The van der Waals surface area contributed by atoms with E-state index < -0.39 is 16.6 Å². The van der Waals surface area contributed by atoms with Crippen molar-refractivity contribution < 1.29 is 23.2 Å². The maximum Gasteiger partial charge on any atom is 0.322 e. The number of carbonyl (C=O) groups is 1. The van der Waals surface area contributed by atoms with Gasteiger partial charge in [0.25, 0.3) is 0 Å². The van der Waals surface area contributed by atoms with Crippen LogP contribution in [0.3, 0.4) is 0 Å². The Labute approximate surface area is 184 Å². The fourth-order valence-electron chi connectivity index (χ4n) is 2.88. The third-order valence-corrected chi connectivity index (χ3v) is 5.58. The lowest BCUT2D eigenvalue weighted by Gasteiger charge is -2.23. The second-order valence-electron chi connectivity index (χ2n) is 7.44. The van der Waals surface area contributed by atoms with Crippen molar-refractivity contribution >= 4 is 28.2 Å². The minimum atomic E-state index is -2.11. The highest BCUT2D eigenvalue weighted by Gasteiger charge is 2.20. The molecule has 10 nitrogen and oxygen atoms in total. The topological polar surface area (TPSA) is 137 Å². The molecule has 172 valence electrons. The molecule has 11 heteroatoms. The lowest BCUT2D eigenvalue weighted by molar-refractivity contribution is 0.0508. The Kier molecular flexibility index (Phi) is 8.81. The molecule has 1 aliphatic heterocycles. The summed E-state index contributed by atoms with van der Waals surface area (Å²) < 4.78 is 32.3. The van der Waals surface area contributed by atoms with Gasteiger partial charge in [0.2, 0.25) is 5.88 Å². The molecule has 0 saturated carbocycles. The molecule has 0 fully saturated rings. The van der Waals surface area contributed by atoms with Gasteiger partial charge < -0.3 is 33.8 Å². The molecular formula is C20H30N5O5S-. The highest BCUT2D eigenvalue weighted by molar-refractivity contribution is 7.80. The van der Waals surface area contributed by atoms with Gasteiger partial charge in [-0.15, -0.1) is 10.6 Å². The summed E-state index contributed by atoms with van der Waals surface area (Å²) in [5.41, 5.74) is 7.62. The number of nitrogens with zero attached hydrogens (tertiary/aromatic N) is 3. The zero-order valence-electron chi connectivity index (χ0n) is 18.7. The third kappa shape index (κ3) is 6.17. The van der Waals surface area contributed by atoms with Crippen LogP contribution in [0.25, 0.3) is 0 Å². The minimum absolute atomic E-state index is 0.00613. The van der Waals surface area contributed by atoms with Gasteiger partial charge in [-0.25, -0.2) is 9.78 Å². The largest absolute Gasteiger partial charge is 0.481 e. The standard InChI is InChI=1S/C20H30N5O5S/c1-11(2)14-7-16(29-6)23-17(12(3)4)18(14)24-20(26)25-31(27)15(8-21)19-22-9-13(28-5)10-30-19/h7-8,11-13H,9-10,21H2,1-6H3,(H,24,26)/q-1/t13-/m0/s1. The Morgan fingerprint density at radius 2 is 2.06 bits per heavy atom. The first kappa shape index (κ1) is 24.6. The van der Waals surface area contributed by atoms with Crippen LogP contribution in [-0.4, -0.2) is 50.4 Å². The van der Waals surface area contributed by atoms with Gasteiger partial charge in [0.15, 0.2) is 5.90 Å². The predicted molar refractivity (Wildman–Crippen MR) is 120 cm³/mol. The number of urea groups is 1. The fourth-order valence-corrected chi connectivity index (χ4v) is 3.56. The number of aromatic nitrogens is 1. The number of anilines is 1. The van der Waals surface area contributed by atoms with E-state index in [9.17, 15) is 9.00 Å². The molecule has 0 spiro atoms. The van der Waals surface area contributed by atoms with Crippen LogP contribution in [0.15, 0.2) is 26.5 Å². The Morgan fingerprint density at radius 1 is 1.35 bits per heavy atom. The van der Waals surface area contributed by atoms with Gasteiger partial charge >= 0.3 is 6.03 Å². The van der Waals surface area contributed by atoms with Crippen LogP contribution in [0, 0.1) is 0 Å². The Bertz CT molecular complexity index is 922. The number of aliphatic imine (C=N–C) groups is 1. The van der Waals surface area contributed by atoms with Crippen molar-refractivity contribution in [3.63, 3.8) is 0 Å². The van der Waals surface area contributed by atoms with Crippen molar-refractivity contribution in [3.8, 4) is 5.88 Å². The second-order valence-corrected chi connectivity index (χ2v) is 8.56. The summed E-state index contributed by atoms with van der Waals surface area (Å²) in [5.74, 6) is 0.628. The van der Waals surface area contributed by atoms with Gasteiger partial charge in [-0.1, -0.05) is 27.7 Å². The third-order valence-electron chi connectivity index (χ3n) is 4.56. The number of nitrogens with two attached hydrogens (primary N) is 1. The van der Waals surface area contributed by atoms with E-state index in [2.05, 4.69) is 19.7 Å². The van der Waals surface area contributed by atoms with Gasteiger partial charge in [-0.3, -0.25) is 4.99 Å². The first-order valence-electron chi connectivity index (χ1n) is 9.87. The van der Waals surface area contributed by atoms with E-state index in [0.717, 1.165) is 11.8 Å². The van der Waals surface area contributed by atoms with Crippen LogP contribution in [0.2, 0.25) is 0 Å². The average molecular weight is 453 g/mol. The average Bonchev–Trinajstić information content (AvgIpc) is 2.74. The number of hydrogen-bond acceptors (Lipinski definition) is 9. The lowest BCUT2D eigenvalue weighted by Crippen LogP contribution is -2.30. The zero-order chi connectivity index (χ0) is 23.1. The molecule has 1 aliphatic rings. The van der Waals surface area contributed by atoms with Crippen molar-refractivity contribution in [1.29, 1.82) is 0 Å². The molecular weight excluding hydrogens is 422 g/mol. The molecule has 0 unspecified atom stereocenters. The molecule has 1 atom stereocenters. The predicted octanol–water partition coefficient (Wildman–Crippen LogP) is 3.26. The van der Waals surface area contributed by atoms with Crippen molar-refractivity contribution in [2.75, 3.05) is 32.7 Å². The van der Waals surface area contributed by atoms with Crippen molar-refractivity contribution in [2.45, 2.75) is 45.6 Å². The highest BCUT2D eigenvalue weighted by Crippen LogP contribution is 2.34. The summed E-state index contributed by atoms with van der Waals surface area (Å²) in [4.78, 5) is 21.3. The van der Waals surface area contributed by atoms with Gasteiger partial charge in [0.05, 0.1) is 25.0 Å².